The number of alkyl halides is 4. The van der Waals surface area contributed by atoms with Gasteiger partial charge in [-0.25, -0.2) is 0 Å². The first-order valence-corrected chi connectivity index (χ1v) is 10.8. The van der Waals surface area contributed by atoms with E-state index in [0.29, 0.717) is 6.08 Å². The van der Waals surface area contributed by atoms with Gasteiger partial charge in [-0.3, -0.25) is 4.98 Å². The van der Waals surface area contributed by atoms with E-state index in [1.54, 1.807) is 6.07 Å². The summed E-state index contributed by atoms with van der Waals surface area (Å²) in [5.41, 5.74) is -1.75. The third kappa shape index (κ3) is 5.07. The SMILES string of the molecule is CCCCCC1CCC(c2ccc(C3=CC=C(C=C(F)F)C(F)(F)C3(F)F)nc2)CC1. The van der Waals surface area contributed by atoms with E-state index in [4.69, 9.17) is 0 Å². The number of nitrogens with zero attached hydrogens (tertiary/aromatic N) is 1. The van der Waals surface area contributed by atoms with Crippen LogP contribution < -0.4 is 0 Å². The Morgan fingerprint density at radius 1 is 1.00 bits per heavy atom. The molecule has 0 spiro atoms. The molecule has 0 amide bonds. The maximum Gasteiger partial charge on any atom is 0.341 e. The molecule has 0 saturated heterocycles. The molecule has 1 aromatic heterocycles. The number of halogens is 6. The Morgan fingerprint density at radius 3 is 2.29 bits per heavy atom. The van der Waals surface area contributed by atoms with Gasteiger partial charge in [0.25, 0.3) is 6.08 Å². The molecule has 2 aliphatic carbocycles. The zero-order chi connectivity index (χ0) is 22.6. The van der Waals surface area contributed by atoms with Crippen LogP contribution in [0.2, 0.25) is 0 Å². The smallest absolute Gasteiger partial charge is 0.256 e. The molecule has 1 heterocycles. The number of hydrogen-bond donors (Lipinski definition) is 0. The van der Waals surface area contributed by atoms with Crippen molar-refractivity contribution in [3.63, 3.8) is 0 Å². The molecule has 1 fully saturated rings. The van der Waals surface area contributed by atoms with Crippen molar-refractivity contribution in [2.45, 2.75) is 76.1 Å². The molecule has 1 saturated carbocycles. The molecule has 2 aliphatic rings. The van der Waals surface area contributed by atoms with Gasteiger partial charge >= 0.3 is 11.8 Å². The molecule has 0 radical (unpaired) electrons. The summed E-state index contributed by atoms with van der Waals surface area (Å²) >= 11 is 0. The second-order valence-electron chi connectivity index (χ2n) is 8.48. The predicted molar refractivity (Wildman–Crippen MR) is 109 cm³/mol. The Hall–Kier alpha value is -2.05. The fourth-order valence-corrected chi connectivity index (χ4v) is 4.51. The van der Waals surface area contributed by atoms with Crippen LogP contribution >= 0.6 is 0 Å². The zero-order valence-corrected chi connectivity index (χ0v) is 17.5. The van der Waals surface area contributed by atoms with Gasteiger partial charge in [-0.15, -0.1) is 0 Å². The summed E-state index contributed by atoms with van der Waals surface area (Å²) in [7, 11) is 0. The van der Waals surface area contributed by atoms with E-state index in [0.717, 1.165) is 43.2 Å². The average Bonchev–Trinajstić information content (AvgIpc) is 2.73. The first kappa shape index (κ1) is 23.6. The molecule has 7 heteroatoms. The van der Waals surface area contributed by atoms with Crippen LogP contribution in [0.15, 0.2) is 48.2 Å². The van der Waals surface area contributed by atoms with E-state index in [1.165, 1.54) is 37.9 Å². The van der Waals surface area contributed by atoms with E-state index in [9.17, 15) is 26.3 Å². The van der Waals surface area contributed by atoms with Gasteiger partial charge in [0.1, 0.15) is 0 Å². The number of unbranched alkanes of at least 4 members (excludes halogenated alkanes) is 2. The lowest BCUT2D eigenvalue weighted by Crippen LogP contribution is -2.44. The molecule has 170 valence electrons. The van der Waals surface area contributed by atoms with Gasteiger partial charge in [-0.2, -0.15) is 26.3 Å². The van der Waals surface area contributed by atoms with Gasteiger partial charge in [0.15, 0.2) is 0 Å². The quantitative estimate of drug-likeness (QED) is 0.305. The Morgan fingerprint density at radius 2 is 1.71 bits per heavy atom. The normalized spacial score (nSPS) is 24.9. The summed E-state index contributed by atoms with van der Waals surface area (Å²) in [5.74, 6) is -8.38. The van der Waals surface area contributed by atoms with E-state index >= 15 is 0 Å². The van der Waals surface area contributed by atoms with Gasteiger partial charge in [-0.1, -0.05) is 50.8 Å². The molecule has 0 bridgehead atoms. The molecule has 1 aromatic rings. The maximum absolute atomic E-state index is 14.5. The topological polar surface area (TPSA) is 12.9 Å². The third-order valence-electron chi connectivity index (χ3n) is 6.39. The summed E-state index contributed by atoms with van der Waals surface area (Å²) < 4.78 is 82.1. The number of aromatic nitrogens is 1. The number of pyridine rings is 1. The Bertz CT molecular complexity index is 841. The fraction of sp³-hybridized carbons (Fsp3) is 0.542. The zero-order valence-electron chi connectivity index (χ0n) is 17.5. The van der Waals surface area contributed by atoms with Crippen LogP contribution in [0.4, 0.5) is 26.3 Å². The number of hydrogen-bond acceptors (Lipinski definition) is 1. The van der Waals surface area contributed by atoms with E-state index in [-0.39, 0.29) is 17.7 Å². The summed E-state index contributed by atoms with van der Waals surface area (Å²) in [6.07, 6.45) is 9.34. The average molecular weight is 443 g/mol. The highest BCUT2D eigenvalue weighted by atomic mass is 19.3. The molecule has 0 aromatic carbocycles. The van der Waals surface area contributed by atoms with Crippen LogP contribution in [0.5, 0.6) is 0 Å². The first-order chi connectivity index (χ1) is 14.7. The van der Waals surface area contributed by atoms with Crippen LogP contribution in [0.1, 0.15) is 75.5 Å². The van der Waals surface area contributed by atoms with Gasteiger partial charge in [0, 0.05) is 17.8 Å². The Balaban J connectivity index is 1.72. The lowest BCUT2D eigenvalue weighted by atomic mass is 9.77. The summed E-state index contributed by atoms with van der Waals surface area (Å²) in [6.45, 7) is 2.18. The second kappa shape index (κ2) is 9.61. The van der Waals surface area contributed by atoms with Gasteiger partial charge in [0.05, 0.1) is 11.3 Å². The van der Waals surface area contributed by atoms with Crippen LogP contribution in [-0.4, -0.2) is 16.8 Å². The van der Waals surface area contributed by atoms with E-state index in [2.05, 4.69) is 11.9 Å². The van der Waals surface area contributed by atoms with Gasteiger partial charge < -0.3 is 0 Å². The minimum absolute atomic E-state index is 0.226. The van der Waals surface area contributed by atoms with Crippen molar-refractivity contribution in [2.24, 2.45) is 5.92 Å². The summed E-state index contributed by atoms with van der Waals surface area (Å²) in [4.78, 5) is 4.03. The molecule has 0 unspecified atom stereocenters. The van der Waals surface area contributed by atoms with Crippen LogP contribution in [0.3, 0.4) is 0 Å². The summed E-state index contributed by atoms with van der Waals surface area (Å²) in [5, 5.41) is 0. The second-order valence-corrected chi connectivity index (χ2v) is 8.48. The maximum atomic E-state index is 14.5. The molecule has 0 N–H and O–H groups in total. The van der Waals surface area contributed by atoms with Crippen molar-refractivity contribution >= 4 is 5.57 Å². The number of rotatable bonds is 7. The highest BCUT2D eigenvalue weighted by molar-refractivity contribution is 5.74. The van der Waals surface area contributed by atoms with Crippen LogP contribution in [0.25, 0.3) is 5.57 Å². The monoisotopic (exact) mass is 443 g/mol. The van der Waals surface area contributed by atoms with Crippen molar-refractivity contribution in [3.8, 4) is 0 Å². The lowest BCUT2D eigenvalue weighted by molar-refractivity contribution is -0.146. The summed E-state index contributed by atoms with van der Waals surface area (Å²) in [6, 6.07) is 2.99. The molecule has 31 heavy (non-hydrogen) atoms. The van der Waals surface area contributed by atoms with Crippen molar-refractivity contribution in [1.82, 2.24) is 4.98 Å². The Kier molecular flexibility index (Phi) is 7.32. The standard InChI is InChI=1S/C24H27F6N/c1-2-3-4-5-16-6-8-17(9-7-16)18-10-13-21(31-15-18)20-12-11-19(14-22(25)26)23(27,28)24(20,29)30/h10-17H,2-9H2,1H3. The highest BCUT2D eigenvalue weighted by Crippen LogP contribution is 2.51. The largest absolute Gasteiger partial charge is 0.341 e. The van der Waals surface area contributed by atoms with E-state index < -0.39 is 29.1 Å². The minimum atomic E-state index is -4.75. The number of allylic oxidation sites excluding steroid dienone is 5. The highest BCUT2D eigenvalue weighted by Gasteiger charge is 2.62. The molecule has 1 nitrogen and oxygen atoms in total. The molecule has 0 aliphatic heterocycles. The third-order valence-corrected chi connectivity index (χ3v) is 6.39. The van der Waals surface area contributed by atoms with Crippen LogP contribution in [-0.2, 0) is 0 Å². The minimum Gasteiger partial charge on any atom is -0.256 e. The molecule has 3 rings (SSSR count). The predicted octanol–water partition coefficient (Wildman–Crippen LogP) is 8.31. The molecular formula is C24H27F6N. The first-order valence-electron chi connectivity index (χ1n) is 10.8. The van der Waals surface area contributed by atoms with Gasteiger partial charge in [-0.05, 0) is 49.1 Å². The van der Waals surface area contributed by atoms with Crippen molar-refractivity contribution < 1.29 is 26.3 Å². The Labute approximate surface area is 178 Å². The van der Waals surface area contributed by atoms with Crippen molar-refractivity contribution in [3.05, 3.63) is 59.5 Å². The van der Waals surface area contributed by atoms with Gasteiger partial charge in [0.2, 0.25) is 0 Å². The van der Waals surface area contributed by atoms with Crippen LogP contribution in [0, 0.1) is 5.92 Å². The van der Waals surface area contributed by atoms with Crippen molar-refractivity contribution in [2.75, 3.05) is 0 Å². The fourth-order valence-electron chi connectivity index (χ4n) is 4.51. The van der Waals surface area contributed by atoms with Crippen molar-refractivity contribution in [1.29, 1.82) is 0 Å². The molecule has 0 atom stereocenters. The lowest BCUT2D eigenvalue weighted by Gasteiger charge is -2.32. The van der Waals surface area contributed by atoms with E-state index in [1.807, 2.05) is 0 Å². The molecular weight excluding hydrogens is 416 g/mol.